The Morgan fingerprint density at radius 2 is 2.19 bits per heavy atom. The Morgan fingerprint density at radius 3 is 2.88 bits per heavy atom. The summed E-state index contributed by atoms with van der Waals surface area (Å²) < 4.78 is 5.05. The standard InChI is InChI=1S/C11H12N2O3/c14-7-13-8-16-6-10(13)11(15)12-9-4-2-1-3-5-9/h1-5,7,10H,6,8H2,(H,12,15)/t10-/m0/s1. The van der Waals surface area contributed by atoms with Crippen molar-refractivity contribution in [1.82, 2.24) is 4.90 Å². The normalized spacial score (nSPS) is 19.5. The number of rotatable bonds is 3. The number of carbonyl (C=O) groups is 2. The molecule has 1 aliphatic heterocycles. The van der Waals surface area contributed by atoms with Crippen molar-refractivity contribution >= 4 is 18.0 Å². The molecule has 2 rings (SSSR count). The number of amides is 2. The molecule has 0 spiro atoms. The van der Waals surface area contributed by atoms with Crippen molar-refractivity contribution < 1.29 is 14.3 Å². The van der Waals surface area contributed by atoms with Crippen molar-refractivity contribution in [2.24, 2.45) is 0 Å². The monoisotopic (exact) mass is 220 g/mol. The van der Waals surface area contributed by atoms with Crippen LogP contribution in [-0.4, -0.2) is 36.6 Å². The lowest BCUT2D eigenvalue weighted by Crippen LogP contribution is -2.40. The second-order valence-electron chi connectivity index (χ2n) is 3.49. The second-order valence-corrected chi connectivity index (χ2v) is 3.49. The first-order valence-corrected chi connectivity index (χ1v) is 4.96. The van der Waals surface area contributed by atoms with E-state index in [1.54, 1.807) is 12.1 Å². The van der Waals surface area contributed by atoms with Gasteiger partial charge in [-0.1, -0.05) is 18.2 Å². The smallest absolute Gasteiger partial charge is 0.249 e. The number of hydrogen-bond acceptors (Lipinski definition) is 3. The minimum absolute atomic E-state index is 0.177. The molecule has 5 nitrogen and oxygen atoms in total. The third-order valence-corrected chi connectivity index (χ3v) is 2.40. The second kappa shape index (κ2) is 4.76. The molecule has 1 saturated heterocycles. The number of ether oxygens (including phenoxy) is 1. The molecule has 0 bridgehead atoms. The van der Waals surface area contributed by atoms with Crippen molar-refractivity contribution in [3.05, 3.63) is 30.3 Å². The van der Waals surface area contributed by atoms with Gasteiger partial charge in [0, 0.05) is 5.69 Å². The zero-order valence-corrected chi connectivity index (χ0v) is 8.63. The molecule has 16 heavy (non-hydrogen) atoms. The van der Waals surface area contributed by atoms with E-state index in [1.807, 2.05) is 18.2 Å². The molecule has 2 amide bonds. The number of nitrogens with one attached hydrogen (secondary N) is 1. The lowest BCUT2D eigenvalue weighted by Gasteiger charge is -2.16. The Morgan fingerprint density at radius 1 is 1.44 bits per heavy atom. The highest BCUT2D eigenvalue weighted by Gasteiger charge is 2.30. The van der Waals surface area contributed by atoms with E-state index in [-0.39, 0.29) is 19.2 Å². The van der Waals surface area contributed by atoms with E-state index < -0.39 is 6.04 Å². The highest BCUT2D eigenvalue weighted by atomic mass is 16.5. The van der Waals surface area contributed by atoms with Crippen LogP contribution in [0.4, 0.5) is 5.69 Å². The predicted molar refractivity (Wildman–Crippen MR) is 57.6 cm³/mol. The summed E-state index contributed by atoms with van der Waals surface area (Å²) in [6.45, 7) is 0.424. The zero-order valence-electron chi connectivity index (χ0n) is 8.63. The lowest BCUT2D eigenvalue weighted by molar-refractivity contribution is -0.127. The summed E-state index contributed by atoms with van der Waals surface area (Å²) >= 11 is 0. The molecule has 1 N–H and O–H groups in total. The number of benzene rings is 1. The van der Waals surface area contributed by atoms with Gasteiger partial charge in [-0.25, -0.2) is 0 Å². The van der Waals surface area contributed by atoms with Gasteiger partial charge in [-0.15, -0.1) is 0 Å². The van der Waals surface area contributed by atoms with Crippen LogP contribution in [0.2, 0.25) is 0 Å². The van der Waals surface area contributed by atoms with Gasteiger partial charge in [0.2, 0.25) is 12.3 Å². The van der Waals surface area contributed by atoms with Crippen molar-refractivity contribution in [3.8, 4) is 0 Å². The fraction of sp³-hybridized carbons (Fsp3) is 0.273. The van der Waals surface area contributed by atoms with Crippen LogP contribution < -0.4 is 5.32 Å². The van der Waals surface area contributed by atoms with Crippen molar-refractivity contribution in [1.29, 1.82) is 0 Å². The summed E-state index contributed by atoms with van der Waals surface area (Å²) in [5.74, 6) is -0.226. The minimum Gasteiger partial charge on any atom is -0.358 e. The quantitative estimate of drug-likeness (QED) is 0.752. The van der Waals surface area contributed by atoms with E-state index >= 15 is 0 Å². The summed E-state index contributed by atoms with van der Waals surface area (Å²) in [4.78, 5) is 23.8. The third kappa shape index (κ3) is 2.20. The van der Waals surface area contributed by atoms with Gasteiger partial charge in [-0.3, -0.25) is 9.59 Å². The molecule has 0 aliphatic carbocycles. The Kier molecular flexibility index (Phi) is 3.16. The minimum atomic E-state index is -0.530. The molecule has 1 aromatic rings. The lowest BCUT2D eigenvalue weighted by atomic mass is 10.2. The average Bonchev–Trinajstić information content (AvgIpc) is 2.78. The van der Waals surface area contributed by atoms with Gasteiger partial charge >= 0.3 is 0 Å². The van der Waals surface area contributed by atoms with Crippen molar-refractivity contribution in [2.45, 2.75) is 6.04 Å². The van der Waals surface area contributed by atoms with Gasteiger partial charge in [0.05, 0.1) is 6.61 Å². The molecule has 1 heterocycles. The van der Waals surface area contributed by atoms with Gasteiger partial charge in [-0.05, 0) is 12.1 Å². The van der Waals surface area contributed by atoms with Crippen LogP contribution in [0.1, 0.15) is 0 Å². The number of para-hydroxylation sites is 1. The molecule has 1 atom stereocenters. The number of hydrogen-bond donors (Lipinski definition) is 1. The molecule has 0 aromatic heterocycles. The van der Waals surface area contributed by atoms with E-state index in [0.29, 0.717) is 12.1 Å². The van der Waals surface area contributed by atoms with Crippen LogP contribution in [0.3, 0.4) is 0 Å². The molecule has 0 saturated carbocycles. The van der Waals surface area contributed by atoms with Crippen LogP contribution in [0.15, 0.2) is 30.3 Å². The summed E-state index contributed by atoms with van der Waals surface area (Å²) in [7, 11) is 0. The Hall–Kier alpha value is -1.88. The predicted octanol–water partition coefficient (Wildman–Crippen LogP) is 0.440. The Bertz CT molecular complexity index is 380. The Labute approximate surface area is 93.0 Å². The Balaban J connectivity index is 2.00. The molecule has 84 valence electrons. The van der Waals surface area contributed by atoms with Gasteiger partial charge in [0.1, 0.15) is 12.8 Å². The molecule has 5 heteroatoms. The van der Waals surface area contributed by atoms with Crippen LogP contribution in [0, 0.1) is 0 Å². The van der Waals surface area contributed by atoms with Crippen LogP contribution in [0.25, 0.3) is 0 Å². The van der Waals surface area contributed by atoms with Crippen molar-refractivity contribution in [3.63, 3.8) is 0 Å². The maximum atomic E-state index is 11.8. The highest BCUT2D eigenvalue weighted by molar-refractivity contribution is 5.96. The van der Waals surface area contributed by atoms with E-state index in [2.05, 4.69) is 5.32 Å². The number of carbonyl (C=O) groups excluding carboxylic acids is 2. The summed E-state index contributed by atoms with van der Waals surface area (Å²) in [5.41, 5.74) is 0.713. The largest absolute Gasteiger partial charge is 0.358 e. The van der Waals surface area contributed by atoms with Crippen LogP contribution in [-0.2, 0) is 14.3 Å². The SMILES string of the molecule is O=CN1COC[C@H]1C(=O)Nc1ccccc1. The first kappa shape index (κ1) is 10.6. The third-order valence-electron chi connectivity index (χ3n) is 2.40. The van der Waals surface area contributed by atoms with Crippen LogP contribution >= 0.6 is 0 Å². The topological polar surface area (TPSA) is 58.6 Å². The maximum absolute atomic E-state index is 11.8. The molecule has 0 unspecified atom stereocenters. The van der Waals surface area contributed by atoms with E-state index in [9.17, 15) is 9.59 Å². The van der Waals surface area contributed by atoms with E-state index in [0.717, 1.165) is 0 Å². The van der Waals surface area contributed by atoms with Crippen molar-refractivity contribution in [2.75, 3.05) is 18.7 Å². The fourth-order valence-corrected chi connectivity index (χ4v) is 1.53. The molecule has 1 aromatic carbocycles. The average molecular weight is 220 g/mol. The number of nitrogens with zero attached hydrogens (tertiary/aromatic N) is 1. The fourth-order valence-electron chi connectivity index (χ4n) is 1.53. The van der Waals surface area contributed by atoms with Gasteiger partial charge in [0.25, 0.3) is 0 Å². The van der Waals surface area contributed by atoms with E-state index in [1.165, 1.54) is 4.90 Å². The molecular formula is C11H12N2O3. The zero-order chi connectivity index (χ0) is 11.4. The first-order valence-electron chi connectivity index (χ1n) is 4.96. The van der Waals surface area contributed by atoms with Gasteiger partial charge in [-0.2, -0.15) is 0 Å². The summed E-state index contributed by atoms with van der Waals surface area (Å²) in [5, 5.41) is 2.73. The van der Waals surface area contributed by atoms with Gasteiger partial charge in [0.15, 0.2) is 0 Å². The van der Waals surface area contributed by atoms with Gasteiger partial charge < -0.3 is 15.0 Å². The maximum Gasteiger partial charge on any atom is 0.249 e. The summed E-state index contributed by atoms with van der Waals surface area (Å²) in [6.07, 6.45) is 0.627. The van der Waals surface area contributed by atoms with E-state index in [4.69, 9.17) is 4.74 Å². The highest BCUT2D eigenvalue weighted by Crippen LogP contribution is 2.11. The molecule has 1 aliphatic rings. The molecule has 1 fully saturated rings. The first-order chi connectivity index (χ1) is 7.81. The molecule has 0 radical (unpaired) electrons. The number of anilines is 1. The molecular weight excluding hydrogens is 208 g/mol. The summed E-state index contributed by atoms with van der Waals surface area (Å²) in [6, 6.07) is 8.58. The van der Waals surface area contributed by atoms with Crippen LogP contribution in [0.5, 0.6) is 0 Å².